The molecule has 0 spiro atoms. The van der Waals surface area contributed by atoms with Gasteiger partial charge in [0.25, 0.3) is 0 Å². The molecule has 108 valence electrons. The van der Waals surface area contributed by atoms with Crippen LogP contribution in [0.1, 0.15) is 31.7 Å². The smallest absolute Gasteiger partial charge is 0.220 e. The number of methoxy groups -OCH3 is 1. The van der Waals surface area contributed by atoms with E-state index in [0.29, 0.717) is 13.0 Å². The molecule has 0 unspecified atom stereocenters. The van der Waals surface area contributed by atoms with Gasteiger partial charge in [0.05, 0.1) is 7.11 Å². The largest absolute Gasteiger partial charge is 0.497 e. The van der Waals surface area contributed by atoms with Gasteiger partial charge >= 0.3 is 0 Å². The van der Waals surface area contributed by atoms with Crippen molar-refractivity contribution in [3.8, 4) is 5.75 Å². The van der Waals surface area contributed by atoms with Crippen molar-refractivity contribution in [3.05, 3.63) is 30.0 Å². The Balaban J connectivity index is 1.92. The van der Waals surface area contributed by atoms with Crippen molar-refractivity contribution in [2.24, 2.45) is 0 Å². The quantitative estimate of drug-likeness (QED) is 0.815. The summed E-state index contributed by atoms with van der Waals surface area (Å²) in [6.45, 7) is 2.77. The number of hydrogen-bond donors (Lipinski definition) is 2. The Hall–Kier alpha value is -1.97. The molecule has 0 aliphatic rings. The van der Waals surface area contributed by atoms with Crippen LogP contribution in [0.3, 0.4) is 0 Å². The van der Waals surface area contributed by atoms with Gasteiger partial charge in [-0.25, -0.2) is 0 Å². The highest BCUT2D eigenvalue weighted by Gasteiger charge is 2.05. The minimum Gasteiger partial charge on any atom is -0.497 e. The molecule has 0 saturated heterocycles. The Labute approximate surface area is 119 Å². The summed E-state index contributed by atoms with van der Waals surface area (Å²) in [6, 6.07) is 6.00. The number of fused-ring (bicyclic) bond motifs is 1. The first-order chi connectivity index (χ1) is 9.74. The van der Waals surface area contributed by atoms with Gasteiger partial charge in [-0.1, -0.05) is 13.3 Å². The molecule has 0 radical (unpaired) electrons. The lowest BCUT2D eigenvalue weighted by Crippen LogP contribution is -2.25. The van der Waals surface area contributed by atoms with Crippen LogP contribution in [0.2, 0.25) is 0 Å². The Kier molecular flexibility index (Phi) is 5.04. The van der Waals surface area contributed by atoms with Gasteiger partial charge in [0.2, 0.25) is 5.91 Å². The third-order valence-corrected chi connectivity index (χ3v) is 3.45. The van der Waals surface area contributed by atoms with Crippen LogP contribution in [-0.2, 0) is 11.2 Å². The van der Waals surface area contributed by atoms with Crippen LogP contribution < -0.4 is 10.1 Å². The summed E-state index contributed by atoms with van der Waals surface area (Å²) < 4.78 is 5.20. The van der Waals surface area contributed by atoms with Crippen molar-refractivity contribution in [2.45, 2.75) is 32.6 Å². The fourth-order valence-corrected chi connectivity index (χ4v) is 2.26. The van der Waals surface area contributed by atoms with Crippen LogP contribution >= 0.6 is 0 Å². The van der Waals surface area contributed by atoms with E-state index in [4.69, 9.17) is 4.74 Å². The van der Waals surface area contributed by atoms with Gasteiger partial charge in [0.15, 0.2) is 0 Å². The van der Waals surface area contributed by atoms with E-state index in [9.17, 15) is 4.79 Å². The molecule has 0 fully saturated rings. The van der Waals surface area contributed by atoms with E-state index in [1.807, 2.05) is 18.3 Å². The molecule has 1 heterocycles. The zero-order valence-corrected chi connectivity index (χ0v) is 12.2. The molecule has 2 rings (SSSR count). The lowest BCUT2D eigenvalue weighted by atomic mass is 10.1. The second-order valence-corrected chi connectivity index (χ2v) is 4.93. The summed E-state index contributed by atoms with van der Waals surface area (Å²) in [5, 5.41) is 4.15. The Morgan fingerprint density at radius 2 is 2.25 bits per heavy atom. The lowest BCUT2D eigenvalue weighted by Gasteiger charge is -2.04. The summed E-state index contributed by atoms with van der Waals surface area (Å²) in [6.07, 6.45) is 5.48. The fraction of sp³-hybridized carbons (Fsp3) is 0.438. The number of rotatable bonds is 7. The third-order valence-electron chi connectivity index (χ3n) is 3.45. The minimum absolute atomic E-state index is 0.147. The number of ether oxygens (including phenoxy) is 1. The highest BCUT2D eigenvalue weighted by molar-refractivity contribution is 5.84. The highest BCUT2D eigenvalue weighted by Crippen LogP contribution is 2.23. The van der Waals surface area contributed by atoms with Gasteiger partial charge in [-0.15, -0.1) is 0 Å². The van der Waals surface area contributed by atoms with Gasteiger partial charge in [0.1, 0.15) is 5.75 Å². The van der Waals surface area contributed by atoms with E-state index in [0.717, 1.165) is 30.5 Å². The molecule has 20 heavy (non-hydrogen) atoms. The first-order valence-electron chi connectivity index (χ1n) is 7.15. The lowest BCUT2D eigenvalue weighted by molar-refractivity contribution is -0.121. The van der Waals surface area contributed by atoms with Gasteiger partial charge in [0, 0.05) is 36.1 Å². The monoisotopic (exact) mass is 274 g/mol. The van der Waals surface area contributed by atoms with Crippen LogP contribution in [0.5, 0.6) is 5.75 Å². The van der Waals surface area contributed by atoms with Crippen molar-refractivity contribution in [1.82, 2.24) is 10.3 Å². The molecule has 0 bridgehead atoms. The number of unbranched alkanes of at least 4 members (excludes halogenated alkanes) is 1. The number of aromatic amines is 1. The normalized spacial score (nSPS) is 10.7. The Morgan fingerprint density at radius 3 is 3.00 bits per heavy atom. The third kappa shape index (κ3) is 3.53. The van der Waals surface area contributed by atoms with Crippen molar-refractivity contribution in [2.75, 3.05) is 13.7 Å². The standard InChI is InChI=1S/C16H22N2O2/c1-3-4-5-16(19)17-9-8-12-11-18-15-10-13(20-2)6-7-14(12)15/h6-7,10-11,18H,3-5,8-9H2,1-2H3,(H,17,19). The van der Waals surface area contributed by atoms with Gasteiger partial charge in [-0.05, 0) is 30.5 Å². The molecule has 4 nitrogen and oxygen atoms in total. The molecular weight excluding hydrogens is 252 g/mol. The van der Waals surface area contributed by atoms with Gasteiger partial charge in [-0.3, -0.25) is 4.79 Å². The number of hydrogen-bond acceptors (Lipinski definition) is 2. The summed E-state index contributed by atoms with van der Waals surface area (Å²) in [4.78, 5) is 14.8. The predicted octanol–water partition coefficient (Wildman–Crippen LogP) is 3.03. The second kappa shape index (κ2) is 6.98. The molecule has 0 aliphatic heterocycles. The summed E-state index contributed by atoms with van der Waals surface area (Å²) in [5.74, 6) is 0.993. The SMILES string of the molecule is CCCCC(=O)NCCc1c[nH]c2cc(OC)ccc12. The molecule has 2 N–H and O–H groups in total. The number of carbonyl (C=O) groups is 1. The average molecular weight is 274 g/mol. The average Bonchev–Trinajstić information content (AvgIpc) is 2.87. The molecule has 1 amide bonds. The Bertz CT molecular complexity index is 575. The zero-order chi connectivity index (χ0) is 14.4. The molecule has 1 aromatic carbocycles. The topological polar surface area (TPSA) is 54.1 Å². The van der Waals surface area contributed by atoms with Crippen molar-refractivity contribution >= 4 is 16.8 Å². The maximum absolute atomic E-state index is 11.5. The van der Waals surface area contributed by atoms with Crippen LogP contribution in [0.4, 0.5) is 0 Å². The number of nitrogens with one attached hydrogen (secondary N) is 2. The summed E-state index contributed by atoms with van der Waals surface area (Å²) >= 11 is 0. The van der Waals surface area contributed by atoms with Crippen molar-refractivity contribution < 1.29 is 9.53 Å². The first-order valence-corrected chi connectivity index (χ1v) is 7.15. The first kappa shape index (κ1) is 14.4. The molecule has 4 heteroatoms. The van der Waals surface area contributed by atoms with E-state index in [2.05, 4.69) is 23.3 Å². The predicted molar refractivity (Wildman–Crippen MR) is 81.1 cm³/mol. The van der Waals surface area contributed by atoms with Crippen LogP contribution in [-0.4, -0.2) is 24.5 Å². The maximum Gasteiger partial charge on any atom is 0.220 e. The van der Waals surface area contributed by atoms with Crippen LogP contribution in [0, 0.1) is 0 Å². The van der Waals surface area contributed by atoms with Gasteiger partial charge in [-0.2, -0.15) is 0 Å². The fourth-order valence-electron chi connectivity index (χ4n) is 2.26. The van der Waals surface area contributed by atoms with Gasteiger partial charge < -0.3 is 15.0 Å². The number of carbonyl (C=O) groups excluding carboxylic acids is 1. The Morgan fingerprint density at radius 1 is 1.40 bits per heavy atom. The molecule has 2 aromatic rings. The molecule has 1 aromatic heterocycles. The number of amides is 1. The van der Waals surface area contributed by atoms with E-state index < -0.39 is 0 Å². The summed E-state index contributed by atoms with van der Waals surface area (Å²) in [7, 11) is 1.66. The highest BCUT2D eigenvalue weighted by atomic mass is 16.5. The molecule has 0 atom stereocenters. The van der Waals surface area contributed by atoms with Crippen LogP contribution in [0.25, 0.3) is 10.9 Å². The molecule has 0 aliphatic carbocycles. The number of H-pyrrole nitrogens is 1. The number of benzene rings is 1. The minimum atomic E-state index is 0.147. The summed E-state index contributed by atoms with van der Waals surface area (Å²) in [5.41, 5.74) is 2.29. The van der Waals surface area contributed by atoms with E-state index in [1.54, 1.807) is 7.11 Å². The van der Waals surface area contributed by atoms with Crippen molar-refractivity contribution in [1.29, 1.82) is 0 Å². The van der Waals surface area contributed by atoms with E-state index in [1.165, 1.54) is 10.9 Å². The molecule has 0 saturated carbocycles. The number of aromatic nitrogens is 1. The van der Waals surface area contributed by atoms with Crippen LogP contribution in [0.15, 0.2) is 24.4 Å². The second-order valence-electron chi connectivity index (χ2n) is 4.93. The molecular formula is C16H22N2O2. The zero-order valence-electron chi connectivity index (χ0n) is 12.2. The van der Waals surface area contributed by atoms with Crippen molar-refractivity contribution in [3.63, 3.8) is 0 Å². The maximum atomic E-state index is 11.5. The van der Waals surface area contributed by atoms with E-state index in [-0.39, 0.29) is 5.91 Å². The van der Waals surface area contributed by atoms with E-state index >= 15 is 0 Å².